The molecule has 0 bridgehead atoms. The second-order valence-corrected chi connectivity index (χ2v) is 10.5. The first-order chi connectivity index (χ1) is 18.2. The van der Waals surface area contributed by atoms with Crippen molar-refractivity contribution in [1.82, 2.24) is 0 Å². The number of furan rings is 1. The molecule has 2 nitrogen and oxygen atoms in total. The molecule has 0 fully saturated rings. The highest BCUT2D eigenvalue weighted by molar-refractivity contribution is 9.10. The highest BCUT2D eigenvalue weighted by Gasteiger charge is 2.19. The molecule has 8 rings (SSSR count). The molecule has 0 saturated carbocycles. The molecule has 1 heterocycles. The van der Waals surface area contributed by atoms with Gasteiger partial charge in [-0.05, 0) is 81.5 Å². The van der Waals surface area contributed by atoms with Crippen molar-refractivity contribution in [3.63, 3.8) is 0 Å². The number of benzene rings is 7. The molecule has 0 radical (unpaired) electrons. The summed E-state index contributed by atoms with van der Waals surface area (Å²) in [7, 11) is 0. The third kappa shape index (κ3) is 3.11. The van der Waals surface area contributed by atoms with E-state index in [1.54, 1.807) is 0 Å². The van der Waals surface area contributed by atoms with Crippen molar-refractivity contribution >= 4 is 87.2 Å². The van der Waals surface area contributed by atoms with E-state index in [-0.39, 0.29) is 0 Å². The molecule has 0 spiro atoms. The number of anilines is 3. The quantitative estimate of drug-likeness (QED) is 0.208. The fourth-order valence-corrected chi connectivity index (χ4v) is 6.14. The lowest BCUT2D eigenvalue weighted by molar-refractivity contribution is 0.668. The molecule has 0 saturated heterocycles. The molecule has 0 amide bonds. The Morgan fingerprint density at radius 1 is 0.486 bits per heavy atom. The maximum atomic E-state index is 6.18. The van der Waals surface area contributed by atoms with Crippen LogP contribution in [0, 0.1) is 0 Å². The van der Waals surface area contributed by atoms with Gasteiger partial charge in [-0.25, -0.2) is 0 Å². The molecule has 0 aliphatic carbocycles. The van der Waals surface area contributed by atoms with Gasteiger partial charge in [0.1, 0.15) is 11.2 Å². The number of rotatable bonds is 3. The molecule has 0 N–H and O–H groups in total. The molecule has 0 aliphatic rings. The minimum Gasteiger partial charge on any atom is -0.456 e. The van der Waals surface area contributed by atoms with Gasteiger partial charge in [-0.3, -0.25) is 0 Å². The van der Waals surface area contributed by atoms with Crippen molar-refractivity contribution in [1.29, 1.82) is 0 Å². The molecule has 3 heteroatoms. The van der Waals surface area contributed by atoms with E-state index in [1.165, 1.54) is 32.3 Å². The van der Waals surface area contributed by atoms with E-state index in [0.29, 0.717) is 0 Å². The van der Waals surface area contributed by atoms with Crippen molar-refractivity contribution in [3.8, 4) is 0 Å². The maximum Gasteiger partial charge on any atom is 0.136 e. The number of halogens is 1. The first-order valence-corrected chi connectivity index (χ1v) is 13.2. The summed E-state index contributed by atoms with van der Waals surface area (Å²) >= 11 is 3.57. The molecule has 1 aromatic heterocycles. The van der Waals surface area contributed by atoms with E-state index >= 15 is 0 Å². The predicted octanol–water partition coefficient (Wildman–Crippen LogP) is 10.7. The van der Waals surface area contributed by atoms with Crippen molar-refractivity contribution in [3.05, 3.63) is 126 Å². The van der Waals surface area contributed by atoms with Gasteiger partial charge in [0, 0.05) is 32.0 Å². The molecular formula is C34H20BrNO. The first kappa shape index (κ1) is 20.8. The largest absolute Gasteiger partial charge is 0.456 e. The normalized spacial score (nSPS) is 11.9. The summed E-state index contributed by atoms with van der Waals surface area (Å²) < 4.78 is 7.19. The Labute approximate surface area is 221 Å². The third-order valence-electron chi connectivity index (χ3n) is 7.44. The van der Waals surface area contributed by atoms with Gasteiger partial charge in [-0.2, -0.15) is 0 Å². The monoisotopic (exact) mass is 537 g/mol. The molecule has 0 unspecified atom stereocenters. The van der Waals surface area contributed by atoms with Crippen LogP contribution in [0.1, 0.15) is 0 Å². The van der Waals surface area contributed by atoms with Crippen LogP contribution in [0.3, 0.4) is 0 Å². The van der Waals surface area contributed by atoms with Crippen molar-refractivity contribution in [2.24, 2.45) is 0 Å². The fourth-order valence-electron chi connectivity index (χ4n) is 5.80. The Hall–Kier alpha value is -4.34. The molecule has 8 aromatic rings. The van der Waals surface area contributed by atoms with Crippen LogP contribution in [0.15, 0.2) is 130 Å². The Kier molecular flexibility index (Phi) is 4.40. The van der Waals surface area contributed by atoms with Crippen LogP contribution in [-0.2, 0) is 0 Å². The van der Waals surface area contributed by atoms with Crippen LogP contribution < -0.4 is 4.90 Å². The summed E-state index contributed by atoms with van der Waals surface area (Å²) in [6.07, 6.45) is 0. The predicted molar refractivity (Wildman–Crippen MR) is 160 cm³/mol. The summed E-state index contributed by atoms with van der Waals surface area (Å²) in [6.45, 7) is 0. The van der Waals surface area contributed by atoms with Crippen LogP contribution in [0.5, 0.6) is 0 Å². The highest BCUT2D eigenvalue weighted by atomic mass is 79.9. The summed E-state index contributed by atoms with van der Waals surface area (Å²) in [4.78, 5) is 2.36. The van der Waals surface area contributed by atoms with Crippen molar-refractivity contribution < 1.29 is 4.42 Å². The van der Waals surface area contributed by atoms with Gasteiger partial charge < -0.3 is 9.32 Å². The van der Waals surface area contributed by atoms with Crippen LogP contribution in [0.25, 0.3) is 54.3 Å². The second kappa shape index (κ2) is 7.83. The van der Waals surface area contributed by atoms with E-state index in [0.717, 1.165) is 43.5 Å². The first-order valence-electron chi connectivity index (χ1n) is 12.4. The Morgan fingerprint density at radius 2 is 1.22 bits per heavy atom. The Morgan fingerprint density at radius 3 is 2.05 bits per heavy atom. The van der Waals surface area contributed by atoms with E-state index in [9.17, 15) is 0 Å². The lowest BCUT2D eigenvalue weighted by Crippen LogP contribution is -2.10. The minimum atomic E-state index is 0.885. The standard InChI is InChI=1S/C34H20BrNO/c35-24-13-16-27-29-20-26(14-18-31(29)37-32(27)19-24)36(25-7-2-1-3-8-25)30-17-12-23-10-9-21-5-4-6-22-11-15-28(30)34(23)33(21)22/h1-20H. The molecule has 174 valence electrons. The Balaban J connectivity index is 1.44. The van der Waals surface area contributed by atoms with Gasteiger partial charge >= 0.3 is 0 Å². The summed E-state index contributed by atoms with van der Waals surface area (Å²) in [5.74, 6) is 0. The van der Waals surface area contributed by atoms with Crippen molar-refractivity contribution in [2.45, 2.75) is 0 Å². The van der Waals surface area contributed by atoms with Crippen LogP contribution in [0.4, 0.5) is 17.1 Å². The summed E-state index contributed by atoms with van der Waals surface area (Å²) in [5.41, 5.74) is 5.15. The van der Waals surface area contributed by atoms with Gasteiger partial charge in [-0.1, -0.05) is 82.7 Å². The lowest BCUT2D eigenvalue weighted by atomic mass is 9.93. The summed E-state index contributed by atoms with van der Waals surface area (Å²) in [5, 5.41) is 9.92. The van der Waals surface area contributed by atoms with Gasteiger partial charge in [0.15, 0.2) is 0 Å². The van der Waals surface area contributed by atoms with Crippen LogP contribution in [-0.4, -0.2) is 0 Å². The number of hydrogen-bond donors (Lipinski definition) is 0. The number of nitrogens with zero attached hydrogens (tertiary/aromatic N) is 1. The number of fused-ring (bicyclic) bond motifs is 3. The molecule has 37 heavy (non-hydrogen) atoms. The second-order valence-electron chi connectivity index (χ2n) is 9.53. The third-order valence-corrected chi connectivity index (χ3v) is 7.93. The zero-order chi connectivity index (χ0) is 24.5. The van der Waals surface area contributed by atoms with E-state index in [4.69, 9.17) is 4.42 Å². The average molecular weight is 538 g/mol. The fraction of sp³-hybridized carbons (Fsp3) is 0. The van der Waals surface area contributed by atoms with Gasteiger partial charge in [0.2, 0.25) is 0 Å². The lowest BCUT2D eigenvalue weighted by Gasteiger charge is -2.27. The minimum absolute atomic E-state index is 0.885. The van der Waals surface area contributed by atoms with Crippen molar-refractivity contribution in [2.75, 3.05) is 4.90 Å². The SMILES string of the molecule is Brc1ccc2c(c1)oc1ccc(N(c3ccccc3)c3ccc4ccc5cccc6ccc3c4c56)cc12. The molecular weight excluding hydrogens is 518 g/mol. The van der Waals surface area contributed by atoms with Crippen LogP contribution >= 0.6 is 15.9 Å². The van der Waals surface area contributed by atoms with Gasteiger partial charge in [0.25, 0.3) is 0 Å². The zero-order valence-corrected chi connectivity index (χ0v) is 21.4. The van der Waals surface area contributed by atoms with E-state index in [1.807, 2.05) is 6.07 Å². The van der Waals surface area contributed by atoms with E-state index < -0.39 is 0 Å². The number of hydrogen-bond acceptors (Lipinski definition) is 2. The highest BCUT2D eigenvalue weighted by Crippen LogP contribution is 2.44. The average Bonchev–Trinajstić information content (AvgIpc) is 3.30. The number of para-hydroxylation sites is 1. The molecule has 0 atom stereocenters. The Bertz CT molecular complexity index is 2090. The smallest absolute Gasteiger partial charge is 0.136 e. The van der Waals surface area contributed by atoms with Gasteiger partial charge in [-0.15, -0.1) is 0 Å². The topological polar surface area (TPSA) is 16.4 Å². The van der Waals surface area contributed by atoms with E-state index in [2.05, 4.69) is 136 Å². The van der Waals surface area contributed by atoms with Gasteiger partial charge in [0.05, 0.1) is 5.69 Å². The molecule has 7 aromatic carbocycles. The molecule has 0 aliphatic heterocycles. The maximum absolute atomic E-state index is 6.18. The zero-order valence-electron chi connectivity index (χ0n) is 19.8. The van der Waals surface area contributed by atoms with Crippen LogP contribution in [0.2, 0.25) is 0 Å². The summed E-state index contributed by atoms with van der Waals surface area (Å²) in [6, 6.07) is 43.4.